The molecule has 3 nitrogen and oxygen atoms in total. The van der Waals surface area contributed by atoms with Crippen LogP contribution in [0.15, 0.2) is 24.5 Å². The molecule has 0 aromatic carbocycles. The highest BCUT2D eigenvalue weighted by molar-refractivity contribution is 5.89. The van der Waals surface area contributed by atoms with Crippen LogP contribution in [0.4, 0.5) is 0 Å². The molecule has 4 aliphatic carbocycles. The monoisotopic (exact) mass is 257 g/mol. The summed E-state index contributed by atoms with van der Waals surface area (Å²) in [7, 11) is 0. The number of nitrogens with zero attached hydrogens (tertiary/aromatic N) is 1. The summed E-state index contributed by atoms with van der Waals surface area (Å²) in [5, 5.41) is 0. The first kappa shape index (κ1) is 11.4. The minimum atomic E-state index is -0.163. The van der Waals surface area contributed by atoms with Gasteiger partial charge in [-0.25, -0.2) is 4.79 Å². The van der Waals surface area contributed by atoms with E-state index in [1.807, 2.05) is 0 Å². The van der Waals surface area contributed by atoms with Gasteiger partial charge in [-0.05, 0) is 68.4 Å². The number of rotatable bonds is 2. The summed E-state index contributed by atoms with van der Waals surface area (Å²) in [6, 6.07) is 3.48. The SMILES string of the molecule is O=C(OC12CC3CC(CC(C3)C1)C2)c1ccncc1. The summed E-state index contributed by atoms with van der Waals surface area (Å²) in [5.41, 5.74) is 0.487. The third kappa shape index (κ3) is 1.96. The predicted molar refractivity (Wildman–Crippen MR) is 70.6 cm³/mol. The Hall–Kier alpha value is -1.38. The fourth-order valence-corrected chi connectivity index (χ4v) is 4.90. The number of carbonyl (C=O) groups is 1. The molecule has 4 aliphatic rings. The number of esters is 1. The largest absolute Gasteiger partial charge is 0.455 e. The lowest BCUT2D eigenvalue weighted by Crippen LogP contribution is -2.52. The highest BCUT2D eigenvalue weighted by Crippen LogP contribution is 2.57. The van der Waals surface area contributed by atoms with Gasteiger partial charge in [0.15, 0.2) is 0 Å². The van der Waals surface area contributed by atoms with Crippen molar-refractivity contribution >= 4 is 5.97 Å². The zero-order chi connectivity index (χ0) is 12.9. The minimum Gasteiger partial charge on any atom is -0.455 e. The van der Waals surface area contributed by atoms with Gasteiger partial charge in [0.05, 0.1) is 5.56 Å². The molecule has 0 atom stereocenters. The zero-order valence-electron chi connectivity index (χ0n) is 11.0. The van der Waals surface area contributed by atoms with Crippen LogP contribution in [0.1, 0.15) is 48.9 Å². The topological polar surface area (TPSA) is 39.2 Å². The van der Waals surface area contributed by atoms with E-state index in [0.717, 1.165) is 37.0 Å². The van der Waals surface area contributed by atoms with Crippen LogP contribution in [0, 0.1) is 17.8 Å². The highest BCUT2D eigenvalue weighted by Gasteiger charge is 2.53. The first-order chi connectivity index (χ1) is 9.22. The molecule has 5 rings (SSSR count). The molecule has 0 aliphatic heterocycles. The summed E-state index contributed by atoms with van der Waals surface area (Å²) < 4.78 is 5.97. The van der Waals surface area contributed by atoms with E-state index in [4.69, 9.17) is 4.74 Å². The normalized spacial score (nSPS) is 39.3. The van der Waals surface area contributed by atoms with E-state index in [1.54, 1.807) is 24.5 Å². The zero-order valence-corrected chi connectivity index (χ0v) is 11.0. The standard InChI is InChI=1S/C16H19NO2/c18-15(14-1-3-17-4-2-14)19-16-8-11-5-12(9-16)7-13(6-11)10-16/h1-4,11-13H,5-10H2. The maximum absolute atomic E-state index is 12.3. The second-order valence-electron chi connectivity index (χ2n) is 6.73. The van der Waals surface area contributed by atoms with Crippen molar-refractivity contribution in [3.8, 4) is 0 Å². The third-order valence-corrected chi connectivity index (χ3v) is 5.21. The fourth-order valence-electron chi connectivity index (χ4n) is 4.90. The molecule has 1 aromatic rings. The van der Waals surface area contributed by atoms with Crippen molar-refractivity contribution in [3.05, 3.63) is 30.1 Å². The van der Waals surface area contributed by atoms with Crippen LogP contribution in [0.3, 0.4) is 0 Å². The summed E-state index contributed by atoms with van der Waals surface area (Å²) >= 11 is 0. The molecule has 0 radical (unpaired) electrons. The Morgan fingerprint density at radius 3 is 2.11 bits per heavy atom. The molecule has 1 heterocycles. The van der Waals surface area contributed by atoms with E-state index in [2.05, 4.69) is 4.98 Å². The number of hydrogen-bond donors (Lipinski definition) is 0. The number of ether oxygens (including phenoxy) is 1. The maximum atomic E-state index is 12.3. The van der Waals surface area contributed by atoms with Gasteiger partial charge in [-0.1, -0.05) is 0 Å². The van der Waals surface area contributed by atoms with Gasteiger partial charge in [-0.2, -0.15) is 0 Å². The lowest BCUT2D eigenvalue weighted by molar-refractivity contribution is -0.131. The van der Waals surface area contributed by atoms with Gasteiger partial charge in [0.1, 0.15) is 5.60 Å². The smallest absolute Gasteiger partial charge is 0.338 e. The lowest BCUT2D eigenvalue weighted by atomic mass is 9.54. The van der Waals surface area contributed by atoms with E-state index in [1.165, 1.54) is 19.3 Å². The Kier molecular flexibility index (Phi) is 2.44. The summed E-state index contributed by atoms with van der Waals surface area (Å²) in [5.74, 6) is 2.24. The van der Waals surface area contributed by atoms with Crippen molar-refractivity contribution in [1.29, 1.82) is 0 Å². The number of hydrogen-bond acceptors (Lipinski definition) is 3. The molecule has 1 aromatic heterocycles. The summed E-state index contributed by atoms with van der Waals surface area (Å²) in [4.78, 5) is 16.2. The van der Waals surface area contributed by atoms with Gasteiger partial charge >= 0.3 is 5.97 Å². The molecule has 100 valence electrons. The molecule has 0 unspecified atom stereocenters. The molecule has 0 spiro atoms. The molecule has 0 N–H and O–H groups in total. The number of aromatic nitrogens is 1. The van der Waals surface area contributed by atoms with Crippen LogP contribution in [0.5, 0.6) is 0 Å². The highest BCUT2D eigenvalue weighted by atomic mass is 16.6. The van der Waals surface area contributed by atoms with Crippen LogP contribution in [0.25, 0.3) is 0 Å². The first-order valence-corrected chi connectivity index (χ1v) is 7.36. The van der Waals surface area contributed by atoms with Crippen molar-refractivity contribution in [2.75, 3.05) is 0 Å². The molecule has 3 heteroatoms. The van der Waals surface area contributed by atoms with Crippen LogP contribution in [-0.4, -0.2) is 16.6 Å². The molecule has 19 heavy (non-hydrogen) atoms. The Balaban J connectivity index is 1.55. The van der Waals surface area contributed by atoms with Crippen molar-refractivity contribution in [2.24, 2.45) is 17.8 Å². The van der Waals surface area contributed by atoms with Crippen molar-refractivity contribution in [3.63, 3.8) is 0 Å². The van der Waals surface area contributed by atoms with Crippen LogP contribution < -0.4 is 0 Å². The Labute approximate surface area is 113 Å². The van der Waals surface area contributed by atoms with E-state index < -0.39 is 0 Å². The summed E-state index contributed by atoms with van der Waals surface area (Å²) in [6.45, 7) is 0. The van der Waals surface area contributed by atoms with Crippen molar-refractivity contribution < 1.29 is 9.53 Å². The molecule has 0 saturated heterocycles. The van der Waals surface area contributed by atoms with Gasteiger partial charge in [0.2, 0.25) is 0 Å². The maximum Gasteiger partial charge on any atom is 0.338 e. The van der Waals surface area contributed by atoms with Gasteiger partial charge in [-0.15, -0.1) is 0 Å². The number of carbonyl (C=O) groups excluding carboxylic acids is 1. The second-order valence-corrected chi connectivity index (χ2v) is 6.73. The Morgan fingerprint density at radius 1 is 1.05 bits per heavy atom. The summed E-state index contributed by atoms with van der Waals surface area (Å²) in [6.07, 6.45) is 10.7. The van der Waals surface area contributed by atoms with Gasteiger partial charge in [0, 0.05) is 12.4 Å². The second kappa shape index (κ2) is 4.06. The average Bonchev–Trinajstić information content (AvgIpc) is 2.37. The third-order valence-electron chi connectivity index (χ3n) is 5.21. The van der Waals surface area contributed by atoms with Crippen molar-refractivity contribution in [2.45, 2.75) is 44.1 Å². The molecule has 4 bridgehead atoms. The van der Waals surface area contributed by atoms with E-state index >= 15 is 0 Å². The predicted octanol–water partition coefficient (Wildman–Crippen LogP) is 3.21. The first-order valence-electron chi connectivity index (χ1n) is 7.36. The van der Waals surface area contributed by atoms with Crippen LogP contribution in [-0.2, 0) is 4.74 Å². The molecule has 4 saturated carbocycles. The quantitative estimate of drug-likeness (QED) is 0.764. The number of pyridine rings is 1. The van der Waals surface area contributed by atoms with Crippen molar-refractivity contribution in [1.82, 2.24) is 4.98 Å². The average molecular weight is 257 g/mol. The molecule has 0 amide bonds. The van der Waals surface area contributed by atoms with Gasteiger partial charge in [-0.3, -0.25) is 4.98 Å². The van der Waals surface area contributed by atoms with Crippen LogP contribution >= 0.6 is 0 Å². The van der Waals surface area contributed by atoms with E-state index in [9.17, 15) is 4.79 Å². The fraction of sp³-hybridized carbons (Fsp3) is 0.625. The minimum absolute atomic E-state index is 0.144. The lowest BCUT2D eigenvalue weighted by Gasteiger charge is -2.55. The Morgan fingerprint density at radius 2 is 1.58 bits per heavy atom. The van der Waals surface area contributed by atoms with Gasteiger partial charge < -0.3 is 4.74 Å². The molecule has 4 fully saturated rings. The molecular formula is C16H19NO2. The molecular weight excluding hydrogens is 238 g/mol. The van der Waals surface area contributed by atoms with Gasteiger partial charge in [0.25, 0.3) is 0 Å². The van der Waals surface area contributed by atoms with Crippen LogP contribution in [0.2, 0.25) is 0 Å². The Bertz CT molecular complexity index is 461. The van der Waals surface area contributed by atoms with E-state index in [0.29, 0.717) is 5.56 Å². The van der Waals surface area contributed by atoms with E-state index in [-0.39, 0.29) is 11.6 Å².